The number of aliphatic hydroxyl groups excluding tert-OH is 2. The molecule has 0 aromatic carbocycles. The summed E-state index contributed by atoms with van der Waals surface area (Å²) in [6.45, 7) is 0. The van der Waals surface area contributed by atoms with Crippen LogP contribution in [0.25, 0.3) is 0 Å². The Labute approximate surface area is 60.8 Å². The third kappa shape index (κ3) is 2.81. The van der Waals surface area contributed by atoms with Crippen molar-refractivity contribution >= 4 is 25.2 Å². The van der Waals surface area contributed by atoms with E-state index in [1.165, 1.54) is 0 Å². The Morgan fingerprint density at radius 2 is 1.88 bits per heavy atom. The molecular weight excluding hydrogens is 144 g/mol. The predicted octanol–water partition coefficient (Wildman–Crippen LogP) is -0.432. The average molecular weight is 155 g/mol. The lowest BCUT2D eigenvalue weighted by atomic mass is 10.3. The van der Waals surface area contributed by atoms with E-state index in [1.807, 2.05) is 0 Å². The van der Waals surface area contributed by atoms with Gasteiger partial charge in [0.1, 0.15) is 1.12 Å². The van der Waals surface area contributed by atoms with Crippen molar-refractivity contribution in [2.45, 2.75) is 12.2 Å². The van der Waals surface area contributed by atoms with Gasteiger partial charge in [0.15, 0.2) is 0 Å². The van der Waals surface area contributed by atoms with Gasteiger partial charge in [0.05, 0.1) is 12.2 Å². The summed E-state index contributed by atoms with van der Waals surface area (Å²) in [5.74, 6) is 0.476. The highest BCUT2D eigenvalue weighted by molar-refractivity contribution is 7.80. The fourth-order valence-corrected chi connectivity index (χ4v) is 0.698. The maximum atomic E-state index is 8.88. The third-order valence-electron chi connectivity index (χ3n) is 0.802. The van der Waals surface area contributed by atoms with Crippen LogP contribution in [0, 0.1) is 0 Å². The molecule has 2 atom stereocenters. The summed E-state index contributed by atoms with van der Waals surface area (Å²) in [4.78, 5) is 0. The molecule has 2 N–H and O–H groups in total. The Balaban J connectivity index is 3.32. The van der Waals surface area contributed by atoms with E-state index in [0.717, 1.165) is 12.5 Å². The molecule has 0 amide bonds. The van der Waals surface area contributed by atoms with Crippen molar-refractivity contribution in [1.82, 2.24) is 0 Å². The van der Waals surface area contributed by atoms with Gasteiger partial charge in [-0.25, -0.2) is 0 Å². The second-order valence-electron chi connectivity index (χ2n) is 1.48. The maximum absolute atomic E-state index is 8.88. The van der Waals surface area contributed by atoms with Crippen molar-refractivity contribution < 1.29 is 10.2 Å². The molecule has 0 radical (unpaired) electrons. The van der Waals surface area contributed by atoms with Crippen LogP contribution in [0.2, 0.25) is 0 Å². The summed E-state index contributed by atoms with van der Waals surface area (Å²) in [7, 11) is 0. The van der Waals surface area contributed by atoms with Crippen molar-refractivity contribution in [1.29, 1.82) is 1.12 Å². The Morgan fingerprint density at radius 1 is 1.38 bits per heavy atom. The maximum Gasteiger partial charge on any atom is 0.102 e. The molecular formula is C4H10O2S2. The highest BCUT2D eigenvalue weighted by atomic mass is 32.1. The zero-order chi connectivity index (χ0) is 7.28. The van der Waals surface area contributed by atoms with Crippen LogP contribution in [0.4, 0.5) is 0 Å². The summed E-state index contributed by atoms with van der Waals surface area (Å²) >= 11 is 4.53. The highest BCUT2D eigenvalue weighted by Crippen LogP contribution is 1.96. The number of rotatable bonds is 4. The summed E-state index contributed by atoms with van der Waals surface area (Å²) in [6.07, 6.45) is -1.61. The minimum Gasteiger partial charge on any atom is -0.390 e. The van der Waals surface area contributed by atoms with Crippen molar-refractivity contribution in [3.63, 3.8) is 0 Å². The minimum absolute atomic E-state index is 0.238. The summed E-state index contributed by atoms with van der Waals surface area (Å²) < 4.78 is 6.62. The SMILES string of the molecule is [2H]SC[C@@H](O)[C@H](O)CS. The minimum atomic E-state index is -0.815. The topological polar surface area (TPSA) is 40.5 Å². The van der Waals surface area contributed by atoms with Gasteiger partial charge in [-0.15, -0.1) is 0 Å². The summed E-state index contributed by atoms with van der Waals surface area (Å²) in [6, 6.07) is 0. The summed E-state index contributed by atoms with van der Waals surface area (Å²) in [5, 5.41) is 17.7. The van der Waals surface area contributed by atoms with E-state index in [4.69, 9.17) is 11.3 Å². The molecule has 0 spiro atoms. The van der Waals surface area contributed by atoms with Gasteiger partial charge in [0.2, 0.25) is 0 Å². The first-order chi connectivity index (χ1) is 4.22. The molecule has 4 heteroatoms. The number of hydrogen-bond acceptors (Lipinski definition) is 4. The normalized spacial score (nSPS) is 19.6. The fourth-order valence-electron chi connectivity index (χ4n) is 0.233. The first-order valence-electron chi connectivity index (χ1n) is 2.68. The molecule has 0 saturated carbocycles. The van der Waals surface area contributed by atoms with Crippen molar-refractivity contribution in [2.75, 3.05) is 11.5 Å². The van der Waals surface area contributed by atoms with E-state index >= 15 is 0 Å². The molecule has 0 bridgehead atoms. The van der Waals surface area contributed by atoms with Crippen LogP contribution >= 0.6 is 25.2 Å². The van der Waals surface area contributed by atoms with Crippen LogP contribution < -0.4 is 0 Å². The molecule has 0 aromatic rings. The van der Waals surface area contributed by atoms with Crippen LogP contribution in [-0.4, -0.2) is 35.1 Å². The number of aliphatic hydroxyl groups is 2. The first kappa shape index (κ1) is 6.74. The Morgan fingerprint density at radius 3 is 2.25 bits per heavy atom. The predicted molar refractivity (Wildman–Crippen MR) is 39.7 cm³/mol. The number of thiol groups is 2. The van der Waals surface area contributed by atoms with Crippen molar-refractivity contribution in [3.8, 4) is 0 Å². The first-order valence-corrected chi connectivity index (χ1v) is 3.48. The summed E-state index contributed by atoms with van der Waals surface area (Å²) in [5.41, 5.74) is 0. The Kier molecular flexibility index (Phi) is 3.78. The number of hydrogen-bond donors (Lipinski definition) is 4. The van der Waals surface area contributed by atoms with Crippen LogP contribution in [0.1, 0.15) is 0 Å². The van der Waals surface area contributed by atoms with Gasteiger partial charge in [0.25, 0.3) is 0 Å². The van der Waals surface area contributed by atoms with Crippen LogP contribution in [-0.2, 0) is 0 Å². The highest BCUT2D eigenvalue weighted by Gasteiger charge is 2.10. The van der Waals surface area contributed by atoms with E-state index < -0.39 is 12.2 Å². The van der Waals surface area contributed by atoms with E-state index in [2.05, 4.69) is 12.6 Å². The molecule has 50 valence electrons. The molecule has 0 aliphatic heterocycles. The van der Waals surface area contributed by atoms with Gasteiger partial charge < -0.3 is 10.2 Å². The molecule has 2 nitrogen and oxygen atoms in total. The molecule has 0 aliphatic rings. The van der Waals surface area contributed by atoms with Gasteiger partial charge in [-0.05, 0) is 0 Å². The average Bonchev–Trinajstić information content (AvgIpc) is 1.87. The zero-order valence-electron chi connectivity index (χ0n) is 5.32. The fraction of sp³-hybridized carbons (Fsp3) is 1.00. The molecule has 8 heavy (non-hydrogen) atoms. The van der Waals surface area contributed by atoms with Gasteiger partial charge >= 0.3 is 0 Å². The van der Waals surface area contributed by atoms with E-state index in [-0.39, 0.29) is 11.5 Å². The second kappa shape index (κ2) is 4.49. The largest absolute Gasteiger partial charge is 0.390 e. The Bertz CT molecular complexity index is 73.6. The van der Waals surface area contributed by atoms with Crippen LogP contribution in [0.3, 0.4) is 0 Å². The monoisotopic (exact) mass is 155 g/mol. The lowest BCUT2D eigenvalue weighted by molar-refractivity contribution is 0.0504. The molecule has 0 unspecified atom stereocenters. The molecule has 0 saturated heterocycles. The standard InChI is InChI=1S/C4H10O2S2/c5-3(1-7)4(6)2-8/h3-8H,1-2H2/t3-,4-/m1/s1/i/hD. The smallest absolute Gasteiger partial charge is 0.102 e. The van der Waals surface area contributed by atoms with Gasteiger partial charge in [0, 0.05) is 11.5 Å². The quantitative estimate of drug-likeness (QED) is 0.416. The molecule has 0 heterocycles. The van der Waals surface area contributed by atoms with Gasteiger partial charge in [-0.2, -0.15) is 25.2 Å². The van der Waals surface area contributed by atoms with Crippen LogP contribution in [0.5, 0.6) is 0 Å². The lowest BCUT2D eigenvalue weighted by Gasteiger charge is -2.11. The second-order valence-corrected chi connectivity index (χ2v) is 2.18. The third-order valence-corrected chi connectivity index (χ3v) is 1.52. The lowest BCUT2D eigenvalue weighted by Crippen LogP contribution is -2.28. The van der Waals surface area contributed by atoms with Gasteiger partial charge in [-0.3, -0.25) is 0 Å². The zero-order valence-corrected chi connectivity index (χ0v) is 6.03. The van der Waals surface area contributed by atoms with Crippen molar-refractivity contribution in [2.24, 2.45) is 0 Å². The molecule has 0 fully saturated rings. The van der Waals surface area contributed by atoms with Crippen molar-refractivity contribution in [3.05, 3.63) is 0 Å². The van der Waals surface area contributed by atoms with E-state index in [1.54, 1.807) is 0 Å². The van der Waals surface area contributed by atoms with E-state index in [0.29, 0.717) is 0 Å². The van der Waals surface area contributed by atoms with Gasteiger partial charge in [-0.1, -0.05) is 0 Å². The van der Waals surface area contributed by atoms with E-state index in [9.17, 15) is 0 Å². The Hall–Kier alpha value is 0.620. The molecule has 0 rings (SSSR count). The van der Waals surface area contributed by atoms with Crippen LogP contribution in [0.15, 0.2) is 0 Å². The molecule has 0 aliphatic carbocycles. The molecule has 0 aromatic heterocycles.